The highest BCUT2D eigenvalue weighted by atomic mass is 31.1. The van der Waals surface area contributed by atoms with Crippen LogP contribution in [-0.4, -0.2) is 0 Å². The summed E-state index contributed by atoms with van der Waals surface area (Å²) in [5, 5.41) is 0. The van der Waals surface area contributed by atoms with E-state index in [0.717, 1.165) is 0 Å². The first-order valence-corrected chi connectivity index (χ1v) is 3.80. The fourth-order valence-electron chi connectivity index (χ4n) is 0.316. The van der Waals surface area contributed by atoms with Crippen molar-refractivity contribution in [2.75, 3.05) is 0 Å². The fraction of sp³-hybridized carbons (Fsp3) is 0.250. The average Bonchev–Trinajstić information content (AvgIpc) is 1.88. The normalized spacial score (nSPS) is 6.00. The summed E-state index contributed by atoms with van der Waals surface area (Å²) in [6.07, 6.45) is 5.12. The lowest BCUT2D eigenvalue weighted by Crippen LogP contribution is -1.55. The quantitative estimate of drug-likeness (QED) is 0.351. The summed E-state index contributed by atoms with van der Waals surface area (Å²) in [7, 11) is -0.753. The monoisotopic (exact) mass is 134 g/mol. The van der Waals surface area contributed by atoms with Gasteiger partial charge in [-0.05, 0) is 25.2 Å². The van der Waals surface area contributed by atoms with Gasteiger partial charge in [0, 0.05) is 0 Å². The van der Waals surface area contributed by atoms with Crippen LogP contribution in [0.15, 0.2) is 0 Å². The van der Waals surface area contributed by atoms with Gasteiger partial charge in [0.25, 0.3) is 0 Å². The molecule has 0 fully saturated rings. The molecule has 0 N–H and O–H groups in total. The Kier molecular flexibility index (Phi) is 4.73. The Balaban J connectivity index is 4.10. The van der Waals surface area contributed by atoms with E-state index < -0.39 is 7.92 Å². The van der Waals surface area contributed by atoms with Crippen LogP contribution in [0.4, 0.5) is 0 Å². The van der Waals surface area contributed by atoms with Crippen molar-refractivity contribution in [3.8, 4) is 35.2 Å². The number of hydrogen-bond donors (Lipinski definition) is 0. The minimum absolute atomic E-state index is 0.753. The third-order valence-electron chi connectivity index (χ3n) is 0.576. The van der Waals surface area contributed by atoms with Crippen LogP contribution in [0.25, 0.3) is 0 Å². The molecule has 0 bridgehead atoms. The zero-order valence-electron chi connectivity index (χ0n) is 5.52. The maximum atomic E-state index is 5.12. The molecule has 0 aliphatic rings. The summed E-state index contributed by atoms with van der Waals surface area (Å²) in [5.74, 6) is 5.47. The Morgan fingerprint density at radius 1 is 1.11 bits per heavy atom. The van der Waals surface area contributed by atoms with Crippen LogP contribution in [0.3, 0.4) is 0 Å². The first kappa shape index (κ1) is 8.11. The highest BCUT2D eigenvalue weighted by Gasteiger charge is 1.88. The van der Waals surface area contributed by atoms with Crippen LogP contribution in [0.5, 0.6) is 0 Å². The molecule has 0 saturated heterocycles. The zero-order chi connectivity index (χ0) is 7.11. The Bertz CT molecular complexity index is 203. The van der Waals surface area contributed by atoms with E-state index in [2.05, 4.69) is 28.8 Å². The van der Waals surface area contributed by atoms with Gasteiger partial charge in [-0.1, -0.05) is 5.66 Å². The SMILES string of the molecule is C#CP(C#CC)C#CC. The maximum absolute atomic E-state index is 5.12. The predicted molar refractivity (Wildman–Crippen MR) is 42.7 cm³/mol. The van der Waals surface area contributed by atoms with E-state index in [1.807, 2.05) is 0 Å². The van der Waals surface area contributed by atoms with Crippen molar-refractivity contribution >= 4 is 7.92 Å². The molecule has 0 heterocycles. The number of rotatable bonds is 0. The third-order valence-corrected chi connectivity index (χ3v) is 1.73. The maximum Gasteiger partial charge on any atom is 0.126 e. The molecule has 0 spiro atoms. The molecule has 0 atom stereocenters. The molecule has 0 nitrogen and oxygen atoms in total. The lowest BCUT2D eigenvalue weighted by atomic mass is 10.8. The van der Waals surface area contributed by atoms with Gasteiger partial charge >= 0.3 is 0 Å². The molecule has 1 heteroatoms. The van der Waals surface area contributed by atoms with Crippen molar-refractivity contribution in [2.45, 2.75) is 13.8 Å². The summed E-state index contributed by atoms with van der Waals surface area (Å²) >= 11 is 0. The molecule has 44 valence electrons. The molecule has 0 radical (unpaired) electrons. The van der Waals surface area contributed by atoms with E-state index in [-0.39, 0.29) is 0 Å². The minimum Gasteiger partial charge on any atom is -0.113 e. The van der Waals surface area contributed by atoms with E-state index >= 15 is 0 Å². The summed E-state index contributed by atoms with van der Waals surface area (Å²) in [4.78, 5) is 0. The van der Waals surface area contributed by atoms with Crippen LogP contribution in [-0.2, 0) is 0 Å². The largest absolute Gasteiger partial charge is 0.126 e. The second-order valence-electron chi connectivity index (χ2n) is 1.19. The van der Waals surface area contributed by atoms with Gasteiger partial charge in [-0.25, -0.2) is 0 Å². The summed E-state index contributed by atoms with van der Waals surface area (Å²) in [6.45, 7) is 3.54. The molecule has 0 aliphatic heterocycles. The van der Waals surface area contributed by atoms with Crippen LogP contribution >= 0.6 is 7.92 Å². The zero-order valence-corrected chi connectivity index (χ0v) is 6.42. The highest BCUT2D eigenvalue weighted by Crippen LogP contribution is 2.29. The van der Waals surface area contributed by atoms with E-state index in [9.17, 15) is 0 Å². The number of hydrogen-bond acceptors (Lipinski definition) is 0. The molecule has 0 saturated carbocycles. The lowest BCUT2D eigenvalue weighted by molar-refractivity contribution is 1.93. The van der Waals surface area contributed by atoms with Crippen molar-refractivity contribution in [1.82, 2.24) is 0 Å². The fourth-order valence-corrected chi connectivity index (χ4v) is 0.948. The molecular weight excluding hydrogens is 127 g/mol. The lowest BCUT2D eigenvalue weighted by Gasteiger charge is -1.83. The Hall–Kier alpha value is -0.890. The van der Waals surface area contributed by atoms with E-state index in [4.69, 9.17) is 6.42 Å². The van der Waals surface area contributed by atoms with Gasteiger partial charge in [-0.3, -0.25) is 0 Å². The highest BCUT2D eigenvalue weighted by molar-refractivity contribution is 7.72. The van der Waals surface area contributed by atoms with Crippen LogP contribution in [0.1, 0.15) is 13.8 Å². The van der Waals surface area contributed by atoms with E-state index in [1.165, 1.54) is 0 Å². The molecule has 0 aliphatic carbocycles. The van der Waals surface area contributed by atoms with Gasteiger partial charge in [0.1, 0.15) is 7.92 Å². The van der Waals surface area contributed by atoms with Crippen LogP contribution in [0.2, 0.25) is 0 Å². The molecular formula is C8H7P. The van der Waals surface area contributed by atoms with Crippen molar-refractivity contribution in [3.63, 3.8) is 0 Å². The first-order chi connectivity index (χ1) is 4.35. The van der Waals surface area contributed by atoms with Gasteiger partial charge in [-0.2, -0.15) is 0 Å². The smallest absolute Gasteiger partial charge is 0.113 e. The standard InChI is InChI=1S/C8H7P/c1-4-7-9(6-3)8-5-2/h3H,1-2H3. The Morgan fingerprint density at radius 3 is 1.78 bits per heavy atom. The minimum atomic E-state index is -0.753. The van der Waals surface area contributed by atoms with E-state index in [0.29, 0.717) is 0 Å². The summed E-state index contributed by atoms with van der Waals surface area (Å²) in [6, 6.07) is 0. The van der Waals surface area contributed by atoms with Crippen molar-refractivity contribution in [3.05, 3.63) is 0 Å². The van der Waals surface area contributed by atoms with Crippen LogP contribution in [0, 0.1) is 35.2 Å². The van der Waals surface area contributed by atoms with Crippen molar-refractivity contribution in [2.24, 2.45) is 0 Å². The first-order valence-electron chi connectivity index (χ1n) is 2.46. The molecule has 0 aromatic carbocycles. The van der Waals surface area contributed by atoms with E-state index in [1.54, 1.807) is 13.8 Å². The van der Waals surface area contributed by atoms with Crippen molar-refractivity contribution in [1.29, 1.82) is 0 Å². The molecule has 0 unspecified atom stereocenters. The van der Waals surface area contributed by atoms with Crippen LogP contribution < -0.4 is 0 Å². The second kappa shape index (κ2) is 5.25. The molecule has 0 rings (SSSR count). The third kappa shape index (κ3) is 3.67. The molecule has 0 amide bonds. The molecule has 9 heavy (non-hydrogen) atoms. The summed E-state index contributed by atoms with van der Waals surface area (Å²) in [5.41, 5.74) is 8.20. The molecule has 0 aromatic rings. The Labute approximate surface area is 57.8 Å². The average molecular weight is 134 g/mol. The number of terminal acetylenes is 1. The Morgan fingerprint density at radius 2 is 1.56 bits per heavy atom. The van der Waals surface area contributed by atoms with Gasteiger partial charge in [0.05, 0.1) is 0 Å². The molecule has 0 aromatic heterocycles. The van der Waals surface area contributed by atoms with Gasteiger partial charge in [0.2, 0.25) is 0 Å². The second-order valence-corrected chi connectivity index (χ2v) is 2.56. The van der Waals surface area contributed by atoms with Gasteiger partial charge in [-0.15, -0.1) is 18.3 Å². The predicted octanol–water partition coefficient (Wildman–Crippen LogP) is 2.02. The summed E-state index contributed by atoms with van der Waals surface area (Å²) < 4.78 is 0. The topological polar surface area (TPSA) is 0 Å². The van der Waals surface area contributed by atoms with Gasteiger partial charge in [0.15, 0.2) is 0 Å². The van der Waals surface area contributed by atoms with Crippen molar-refractivity contribution < 1.29 is 0 Å². The van der Waals surface area contributed by atoms with Gasteiger partial charge < -0.3 is 0 Å².